The molecule has 0 spiro atoms. The van der Waals surface area contributed by atoms with Crippen LogP contribution in [0.15, 0.2) is 0 Å². The fraction of sp³-hybridized carbons (Fsp3) is 0.900. The average Bonchev–Trinajstić information content (AvgIpc) is 2.83. The van der Waals surface area contributed by atoms with Crippen LogP contribution in [0.3, 0.4) is 0 Å². The van der Waals surface area contributed by atoms with Gasteiger partial charge in [-0.05, 0) is 25.7 Å². The Kier molecular flexibility index (Phi) is 3.72. The van der Waals surface area contributed by atoms with Crippen molar-refractivity contribution in [2.75, 3.05) is 7.05 Å². The lowest BCUT2D eigenvalue weighted by Crippen LogP contribution is -2.42. The van der Waals surface area contributed by atoms with E-state index in [1.165, 1.54) is 19.3 Å². The van der Waals surface area contributed by atoms with Crippen molar-refractivity contribution in [3.63, 3.8) is 0 Å². The lowest BCUT2D eigenvalue weighted by atomic mass is 10.2. The quantitative estimate of drug-likeness (QED) is 0.666. The van der Waals surface area contributed by atoms with Crippen LogP contribution in [0, 0.1) is 5.92 Å². The fourth-order valence-electron chi connectivity index (χ4n) is 1.75. The summed E-state index contributed by atoms with van der Waals surface area (Å²) in [4.78, 5) is 11.2. The van der Waals surface area contributed by atoms with Crippen LogP contribution in [0.2, 0.25) is 0 Å². The number of hydrogen-bond donors (Lipinski definition) is 2. The largest absolute Gasteiger partial charge is 0.358 e. The molecule has 3 heteroatoms. The molecule has 0 bridgehead atoms. The third-order valence-corrected chi connectivity index (χ3v) is 2.69. The lowest BCUT2D eigenvalue weighted by Gasteiger charge is -2.11. The van der Waals surface area contributed by atoms with Crippen molar-refractivity contribution in [2.24, 2.45) is 5.92 Å². The van der Waals surface area contributed by atoms with Gasteiger partial charge in [-0.2, -0.15) is 0 Å². The Morgan fingerprint density at radius 1 is 1.62 bits per heavy atom. The molecule has 0 aliphatic heterocycles. The van der Waals surface area contributed by atoms with E-state index >= 15 is 0 Å². The zero-order valence-corrected chi connectivity index (χ0v) is 8.76. The first-order valence-corrected chi connectivity index (χ1v) is 5.16. The summed E-state index contributed by atoms with van der Waals surface area (Å²) in [7, 11) is 1.68. The molecule has 13 heavy (non-hydrogen) atoms. The third kappa shape index (κ3) is 2.99. The highest BCUT2D eigenvalue weighted by Crippen LogP contribution is 2.34. The highest BCUT2D eigenvalue weighted by molar-refractivity contribution is 5.81. The van der Waals surface area contributed by atoms with E-state index in [4.69, 9.17) is 0 Å². The molecule has 1 aliphatic rings. The van der Waals surface area contributed by atoms with E-state index in [0.29, 0.717) is 6.04 Å². The zero-order valence-electron chi connectivity index (χ0n) is 8.76. The molecule has 0 aromatic rings. The summed E-state index contributed by atoms with van der Waals surface area (Å²) in [5.41, 5.74) is 0. The smallest absolute Gasteiger partial charge is 0.236 e. The van der Waals surface area contributed by atoms with Crippen LogP contribution in [0.5, 0.6) is 0 Å². The van der Waals surface area contributed by atoms with Gasteiger partial charge in [0.15, 0.2) is 0 Å². The first-order valence-electron chi connectivity index (χ1n) is 5.16. The van der Waals surface area contributed by atoms with E-state index < -0.39 is 0 Å². The molecule has 0 radical (unpaired) electrons. The van der Waals surface area contributed by atoms with Crippen LogP contribution in [0.25, 0.3) is 0 Å². The Morgan fingerprint density at radius 3 is 2.85 bits per heavy atom. The Morgan fingerprint density at radius 2 is 2.31 bits per heavy atom. The standard InChI is InChI=1S/C10H20N2O/c1-4-5-8-6-9(8)12-7(2)10(13)11-3/h7-9,12H,4-6H2,1-3H3,(H,11,13). The summed E-state index contributed by atoms with van der Waals surface area (Å²) in [5, 5.41) is 5.97. The molecule has 1 saturated carbocycles. The molecular formula is C10H20N2O. The summed E-state index contributed by atoms with van der Waals surface area (Å²) in [6.45, 7) is 4.12. The predicted octanol–water partition coefficient (Wildman–Crippen LogP) is 0.899. The maximum Gasteiger partial charge on any atom is 0.236 e. The number of hydrogen-bond acceptors (Lipinski definition) is 2. The van der Waals surface area contributed by atoms with E-state index in [-0.39, 0.29) is 11.9 Å². The van der Waals surface area contributed by atoms with Crippen LogP contribution >= 0.6 is 0 Å². The van der Waals surface area contributed by atoms with Crippen LogP contribution in [0.4, 0.5) is 0 Å². The van der Waals surface area contributed by atoms with E-state index in [1.54, 1.807) is 7.05 Å². The second kappa shape index (κ2) is 4.61. The molecule has 0 aromatic carbocycles. The number of carbonyl (C=O) groups excluding carboxylic acids is 1. The number of nitrogens with one attached hydrogen (secondary N) is 2. The van der Waals surface area contributed by atoms with Crippen LogP contribution in [-0.4, -0.2) is 25.0 Å². The minimum absolute atomic E-state index is 0.0446. The van der Waals surface area contributed by atoms with Gasteiger partial charge < -0.3 is 10.6 Å². The van der Waals surface area contributed by atoms with Gasteiger partial charge in [-0.15, -0.1) is 0 Å². The molecule has 1 aliphatic carbocycles. The summed E-state index contributed by atoms with van der Waals surface area (Å²) < 4.78 is 0. The van der Waals surface area contributed by atoms with Crippen molar-refractivity contribution < 1.29 is 4.79 Å². The fourth-order valence-corrected chi connectivity index (χ4v) is 1.75. The van der Waals surface area contributed by atoms with E-state index in [9.17, 15) is 4.79 Å². The first-order chi connectivity index (χ1) is 6.19. The van der Waals surface area contributed by atoms with Gasteiger partial charge in [-0.1, -0.05) is 13.3 Å². The molecule has 0 aromatic heterocycles. The topological polar surface area (TPSA) is 41.1 Å². The van der Waals surface area contributed by atoms with Crippen molar-refractivity contribution in [3.8, 4) is 0 Å². The highest BCUT2D eigenvalue weighted by Gasteiger charge is 2.37. The molecule has 3 nitrogen and oxygen atoms in total. The molecular weight excluding hydrogens is 164 g/mol. The summed E-state index contributed by atoms with van der Waals surface area (Å²) in [5.74, 6) is 0.902. The Hall–Kier alpha value is -0.570. The van der Waals surface area contributed by atoms with Gasteiger partial charge in [-0.3, -0.25) is 4.79 Å². The normalized spacial score (nSPS) is 28.2. The lowest BCUT2D eigenvalue weighted by molar-refractivity contribution is -0.122. The SMILES string of the molecule is CCCC1CC1NC(C)C(=O)NC. The average molecular weight is 184 g/mol. The maximum atomic E-state index is 11.2. The number of likely N-dealkylation sites (N-methyl/N-ethyl adjacent to an activating group) is 1. The molecule has 1 fully saturated rings. The summed E-state index contributed by atoms with van der Waals surface area (Å²) in [6.07, 6.45) is 3.78. The molecule has 0 saturated heterocycles. The molecule has 3 atom stereocenters. The molecule has 3 unspecified atom stereocenters. The minimum atomic E-state index is -0.0446. The van der Waals surface area contributed by atoms with Gasteiger partial charge >= 0.3 is 0 Å². The first kappa shape index (κ1) is 10.5. The van der Waals surface area contributed by atoms with Crippen molar-refractivity contribution in [3.05, 3.63) is 0 Å². The number of amides is 1. The summed E-state index contributed by atoms with van der Waals surface area (Å²) >= 11 is 0. The van der Waals surface area contributed by atoms with Crippen molar-refractivity contribution >= 4 is 5.91 Å². The Balaban J connectivity index is 2.16. The minimum Gasteiger partial charge on any atom is -0.358 e. The van der Waals surface area contributed by atoms with Gasteiger partial charge in [0, 0.05) is 13.1 Å². The van der Waals surface area contributed by atoms with Crippen molar-refractivity contribution in [1.29, 1.82) is 0 Å². The van der Waals surface area contributed by atoms with Crippen LogP contribution in [0.1, 0.15) is 33.1 Å². The Bertz CT molecular complexity index is 182. The van der Waals surface area contributed by atoms with Crippen LogP contribution < -0.4 is 10.6 Å². The van der Waals surface area contributed by atoms with E-state index in [0.717, 1.165) is 5.92 Å². The molecule has 0 heterocycles. The van der Waals surface area contributed by atoms with Crippen molar-refractivity contribution in [2.45, 2.75) is 45.2 Å². The monoisotopic (exact) mass is 184 g/mol. The highest BCUT2D eigenvalue weighted by atomic mass is 16.2. The van der Waals surface area contributed by atoms with Gasteiger partial charge in [-0.25, -0.2) is 0 Å². The maximum absolute atomic E-state index is 11.2. The molecule has 1 amide bonds. The zero-order chi connectivity index (χ0) is 9.84. The predicted molar refractivity (Wildman–Crippen MR) is 53.5 cm³/mol. The summed E-state index contributed by atoms with van der Waals surface area (Å²) in [6, 6.07) is 0.545. The second-order valence-electron chi connectivity index (χ2n) is 3.89. The third-order valence-electron chi connectivity index (χ3n) is 2.69. The number of carbonyl (C=O) groups is 1. The van der Waals surface area contributed by atoms with Crippen LogP contribution in [-0.2, 0) is 4.79 Å². The van der Waals surface area contributed by atoms with Gasteiger partial charge in [0.05, 0.1) is 6.04 Å². The van der Waals surface area contributed by atoms with E-state index in [2.05, 4.69) is 17.6 Å². The van der Waals surface area contributed by atoms with E-state index in [1.807, 2.05) is 6.92 Å². The molecule has 2 N–H and O–H groups in total. The molecule has 76 valence electrons. The number of rotatable bonds is 5. The second-order valence-corrected chi connectivity index (χ2v) is 3.89. The van der Waals surface area contributed by atoms with Gasteiger partial charge in [0.1, 0.15) is 0 Å². The molecule has 1 rings (SSSR count). The van der Waals surface area contributed by atoms with Crippen molar-refractivity contribution in [1.82, 2.24) is 10.6 Å². The Labute approximate surface area is 80.3 Å². The van der Waals surface area contributed by atoms with Gasteiger partial charge in [0.25, 0.3) is 0 Å². The van der Waals surface area contributed by atoms with Gasteiger partial charge in [0.2, 0.25) is 5.91 Å².